The maximum absolute atomic E-state index is 3.55. The van der Waals surface area contributed by atoms with Crippen LogP contribution in [-0.4, -0.2) is 6.54 Å². The van der Waals surface area contributed by atoms with Crippen molar-refractivity contribution in [1.29, 1.82) is 0 Å². The van der Waals surface area contributed by atoms with Crippen LogP contribution in [-0.2, 0) is 6.54 Å². The molecule has 3 rings (SSSR count). The van der Waals surface area contributed by atoms with Gasteiger partial charge in [-0.15, -0.1) is 11.3 Å². The Bertz CT molecular complexity index is 485. The highest BCUT2D eigenvalue weighted by Gasteiger charge is 2.19. The third-order valence-corrected chi connectivity index (χ3v) is 4.42. The van der Waals surface area contributed by atoms with Gasteiger partial charge >= 0.3 is 0 Å². The molecule has 0 aliphatic heterocycles. The van der Waals surface area contributed by atoms with Crippen LogP contribution in [0, 0.1) is 5.92 Å². The smallest absolute Gasteiger partial charge is 0.0299 e. The fourth-order valence-corrected chi connectivity index (χ4v) is 3.04. The summed E-state index contributed by atoms with van der Waals surface area (Å²) in [5, 5.41) is 5.81. The second-order valence-electron chi connectivity index (χ2n) is 5.08. The van der Waals surface area contributed by atoms with Crippen molar-refractivity contribution in [1.82, 2.24) is 5.32 Å². The molecule has 18 heavy (non-hydrogen) atoms. The Hall–Kier alpha value is -1.12. The summed E-state index contributed by atoms with van der Waals surface area (Å²) in [4.78, 5) is 1.43. The number of nitrogens with one attached hydrogen (secondary N) is 1. The number of hydrogen-bond donors (Lipinski definition) is 1. The number of thiophene rings is 1. The Morgan fingerprint density at radius 3 is 2.72 bits per heavy atom. The van der Waals surface area contributed by atoms with E-state index in [0.29, 0.717) is 0 Å². The summed E-state index contributed by atoms with van der Waals surface area (Å²) >= 11 is 1.86. The van der Waals surface area contributed by atoms with Crippen molar-refractivity contribution in [3.63, 3.8) is 0 Å². The highest BCUT2D eigenvalue weighted by atomic mass is 32.1. The molecule has 2 heteroatoms. The first-order valence-corrected chi connectivity index (χ1v) is 7.63. The molecule has 0 saturated heterocycles. The van der Waals surface area contributed by atoms with Crippen LogP contribution in [0.15, 0.2) is 41.8 Å². The first-order valence-electron chi connectivity index (χ1n) is 6.75. The molecule has 2 aromatic rings. The number of rotatable bonds is 6. The van der Waals surface area contributed by atoms with E-state index in [0.717, 1.165) is 12.5 Å². The van der Waals surface area contributed by atoms with E-state index < -0.39 is 0 Å². The van der Waals surface area contributed by atoms with Gasteiger partial charge in [0.2, 0.25) is 0 Å². The lowest BCUT2D eigenvalue weighted by Crippen LogP contribution is -2.14. The number of benzene rings is 1. The molecular formula is C16H19NS. The van der Waals surface area contributed by atoms with Gasteiger partial charge in [-0.05, 0) is 41.5 Å². The first kappa shape index (κ1) is 11.9. The quantitative estimate of drug-likeness (QED) is 0.761. The molecule has 1 aromatic heterocycles. The molecule has 0 bridgehead atoms. The fourth-order valence-electron chi connectivity index (χ4n) is 2.18. The summed E-state index contributed by atoms with van der Waals surface area (Å²) in [7, 11) is 0. The van der Waals surface area contributed by atoms with E-state index in [9.17, 15) is 0 Å². The van der Waals surface area contributed by atoms with Gasteiger partial charge in [-0.1, -0.05) is 43.2 Å². The minimum absolute atomic E-state index is 1.02. The monoisotopic (exact) mass is 257 g/mol. The predicted molar refractivity (Wildman–Crippen MR) is 78.8 cm³/mol. The third kappa shape index (κ3) is 3.21. The molecule has 1 N–H and O–H groups in total. The Morgan fingerprint density at radius 1 is 1.11 bits per heavy atom. The van der Waals surface area contributed by atoms with Crippen LogP contribution in [0.4, 0.5) is 0 Å². The second kappa shape index (κ2) is 5.68. The van der Waals surface area contributed by atoms with E-state index in [2.05, 4.69) is 47.1 Å². The lowest BCUT2D eigenvalue weighted by molar-refractivity contribution is 0.616. The molecule has 0 spiro atoms. The molecule has 0 unspecified atom stereocenters. The Labute approximate surface area is 113 Å². The van der Waals surface area contributed by atoms with Crippen LogP contribution in [0.3, 0.4) is 0 Å². The van der Waals surface area contributed by atoms with E-state index in [1.54, 1.807) is 0 Å². The summed E-state index contributed by atoms with van der Waals surface area (Å²) in [6, 6.07) is 12.9. The Balaban J connectivity index is 1.52. The summed E-state index contributed by atoms with van der Waals surface area (Å²) in [6.07, 6.45) is 4.27. The van der Waals surface area contributed by atoms with Crippen LogP contribution < -0.4 is 5.32 Å². The van der Waals surface area contributed by atoms with Crippen LogP contribution >= 0.6 is 11.3 Å². The minimum Gasteiger partial charge on any atom is -0.312 e. The number of hydrogen-bond acceptors (Lipinski definition) is 2. The van der Waals surface area contributed by atoms with E-state index in [1.807, 2.05) is 11.3 Å². The van der Waals surface area contributed by atoms with Crippen molar-refractivity contribution in [3.05, 3.63) is 46.7 Å². The molecule has 94 valence electrons. The van der Waals surface area contributed by atoms with Crippen LogP contribution in [0.2, 0.25) is 0 Å². The maximum Gasteiger partial charge on any atom is 0.0299 e. The van der Waals surface area contributed by atoms with E-state index >= 15 is 0 Å². The van der Waals surface area contributed by atoms with Crippen molar-refractivity contribution in [2.24, 2.45) is 5.92 Å². The molecule has 0 atom stereocenters. The zero-order chi connectivity index (χ0) is 12.2. The SMILES string of the molecule is c1ccc(-c2csc(CNCCC3CC3)c2)cc1. The lowest BCUT2D eigenvalue weighted by atomic mass is 10.1. The molecule has 1 saturated carbocycles. The summed E-state index contributed by atoms with van der Waals surface area (Å²) < 4.78 is 0. The van der Waals surface area contributed by atoms with Crippen molar-refractivity contribution < 1.29 is 0 Å². The highest BCUT2D eigenvalue weighted by Crippen LogP contribution is 2.31. The van der Waals surface area contributed by atoms with Gasteiger partial charge in [-0.25, -0.2) is 0 Å². The van der Waals surface area contributed by atoms with E-state index in [-0.39, 0.29) is 0 Å². The van der Waals surface area contributed by atoms with Gasteiger partial charge in [0.25, 0.3) is 0 Å². The molecule has 1 fully saturated rings. The molecule has 1 nitrogen and oxygen atoms in total. The van der Waals surface area contributed by atoms with Gasteiger partial charge in [-0.3, -0.25) is 0 Å². The standard InChI is InChI=1S/C16H19NS/c1-2-4-14(5-3-1)15-10-16(18-12-15)11-17-9-8-13-6-7-13/h1-5,10,12-13,17H,6-9,11H2. The average molecular weight is 257 g/mol. The predicted octanol–water partition coefficient (Wildman–Crippen LogP) is 4.30. The lowest BCUT2D eigenvalue weighted by Gasteiger charge is -2.01. The van der Waals surface area contributed by atoms with E-state index in [1.165, 1.54) is 41.8 Å². The van der Waals surface area contributed by atoms with Gasteiger partial charge < -0.3 is 5.32 Å². The summed E-state index contributed by atoms with van der Waals surface area (Å²) in [5.74, 6) is 1.03. The molecule has 1 aliphatic rings. The van der Waals surface area contributed by atoms with Gasteiger partial charge in [-0.2, -0.15) is 0 Å². The normalized spacial score (nSPS) is 14.9. The second-order valence-corrected chi connectivity index (χ2v) is 6.07. The Kier molecular flexibility index (Phi) is 3.77. The maximum atomic E-state index is 3.55. The summed E-state index contributed by atoms with van der Waals surface area (Å²) in [5.41, 5.74) is 2.66. The van der Waals surface area contributed by atoms with Gasteiger partial charge in [0.1, 0.15) is 0 Å². The summed E-state index contributed by atoms with van der Waals surface area (Å²) in [6.45, 7) is 2.19. The molecule has 1 aromatic carbocycles. The average Bonchev–Trinajstić information content (AvgIpc) is 3.12. The fraction of sp³-hybridized carbons (Fsp3) is 0.375. The molecular weight excluding hydrogens is 238 g/mol. The van der Waals surface area contributed by atoms with Crippen LogP contribution in [0.5, 0.6) is 0 Å². The molecule has 0 radical (unpaired) electrons. The highest BCUT2D eigenvalue weighted by molar-refractivity contribution is 7.10. The van der Waals surface area contributed by atoms with Crippen molar-refractivity contribution in [3.8, 4) is 11.1 Å². The zero-order valence-corrected chi connectivity index (χ0v) is 11.4. The molecule has 0 amide bonds. The minimum atomic E-state index is 1.02. The topological polar surface area (TPSA) is 12.0 Å². The van der Waals surface area contributed by atoms with Crippen molar-refractivity contribution in [2.75, 3.05) is 6.54 Å². The van der Waals surface area contributed by atoms with E-state index in [4.69, 9.17) is 0 Å². The third-order valence-electron chi connectivity index (χ3n) is 3.49. The van der Waals surface area contributed by atoms with Gasteiger partial charge in [0.15, 0.2) is 0 Å². The van der Waals surface area contributed by atoms with Crippen LogP contribution in [0.25, 0.3) is 11.1 Å². The largest absolute Gasteiger partial charge is 0.312 e. The first-order chi connectivity index (χ1) is 8.92. The zero-order valence-electron chi connectivity index (χ0n) is 10.6. The Morgan fingerprint density at radius 2 is 1.94 bits per heavy atom. The van der Waals surface area contributed by atoms with Crippen molar-refractivity contribution >= 4 is 11.3 Å². The molecule has 1 heterocycles. The van der Waals surface area contributed by atoms with Crippen LogP contribution in [0.1, 0.15) is 24.1 Å². The molecule has 1 aliphatic carbocycles. The van der Waals surface area contributed by atoms with Crippen molar-refractivity contribution in [2.45, 2.75) is 25.8 Å². The van der Waals surface area contributed by atoms with Gasteiger partial charge in [0.05, 0.1) is 0 Å². The van der Waals surface area contributed by atoms with Gasteiger partial charge in [0, 0.05) is 11.4 Å².